The van der Waals surface area contributed by atoms with Gasteiger partial charge in [0.15, 0.2) is 0 Å². The SMILES string of the molecule is CNC(=O)C1C/C=C/CCCCC(Cc2ccccc2)C(=O)N[C@@H](CC(C)C)C(=O)NC(CO)C1. The molecular weight excluding hydrogens is 442 g/mol. The Kier molecular flexibility index (Phi) is 12.5. The quantitative estimate of drug-likeness (QED) is 0.464. The number of carbonyl (C=O) groups is 3. The van der Waals surface area contributed by atoms with Crippen molar-refractivity contribution in [1.29, 1.82) is 0 Å². The van der Waals surface area contributed by atoms with E-state index in [9.17, 15) is 19.5 Å². The van der Waals surface area contributed by atoms with Crippen molar-refractivity contribution in [2.45, 2.75) is 77.3 Å². The summed E-state index contributed by atoms with van der Waals surface area (Å²) in [4.78, 5) is 39.0. The molecule has 3 unspecified atom stereocenters. The number of hydrogen-bond donors (Lipinski definition) is 4. The van der Waals surface area contributed by atoms with Gasteiger partial charge in [0.2, 0.25) is 17.7 Å². The molecule has 0 saturated carbocycles. The molecule has 0 bridgehead atoms. The summed E-state index contributed by atoms with van der Waals surface area (Å²) in [6.45, 7) is 3.75. The fourth-order valence-corrected chi connectivity index (χ4v) is 4.59. The van der Waals surface area contributed by atoms with E-state index in [1.165, 1.54) is 0 Å². The maximum absolute atomic E-state index is 13.4. The van der Waals surface area contributed by atoms with Crippen molar-refractivity contribution < 1.29 is 19.5 Å². The number of amides is 3. The molecule has 0 aromatic heterocycles. The van der Waals surface area contributed by atoms with E-state index in [1.807, 2.05) is 50.3 Å². The van der Waals surface area contributed by atoms with Gasteiger partial charge in [-0.3, -0.25) is 14.4 Å². The van der Waals surface area contributed by atoms with Crippen LogP contribution in [0.1, 0.15) is 64.4 Å². The number of rotatable bonds is 6. The van der Waals surface area contributed by atoms with E-state index in [1.54, 1.807) is 7.05 Å². The van der Waals surface area contributed by atoms with Gasteiger partial charge in [0, 0.05) is 18.9 Å². The maximum Gasteiger partial charge on any atom is 0.242 e. The van der Waals surface area contributed by atoms with E-state index in [0.717, 1.165) is 31.2 Å². The van der Waals surface area contributed by atoms with Gasteiger partial charge in [-0.2, -0.15) is 0 Å². The van der Waals surface area contributed by atoms with Crippen LogP contribution in [0.3, 0.4) is 0 Å². The largest absolute Gasteiger partial charge is 0.394 e. The molecular formula is C28H43N3O4. The lowest BCUT2D eigenvalue weighted by Crippen LogP contribution is -2.53. The molecule has 1 aromatic rings. The summed E-state index contributed by atoms with van der Waals surface area (Å²) in [5.41, 5.74) is 1.10. The number of nitrogens with one attached hydrogen (secondary N) is 3. The molecule has 0 spiro atoms. The molecule has 0 fully saturated rings. The fourth-order valence-electron chi connectivity index (χ4n) is 4.59. The van der Waals surface area contributed by atoms with Crippen LogP contribution in [0.2, 0.25) is 0 Å². The molecule has 3 amide bonds. The van der Waals surface area contributed by atoms with Gasteiger partial charge in [-0.1, -0.05) is 62.8 Å². The van der Waals surface area contributed by atoms with Gasteiger partial charge in [0.25, 0.3) is 0 Å². The molecule has 0 radical (unpaired) electrons. The summed E-state index contributed by atoms with van der Waals surface area (Å²) in [5.74, 6) is -0.915. The third-order valence-electron chi connectivity index (χ3n) is 6.55. The molecule has 1 aliphatic rings. The van der Waals surface area contributed by atoms with Crippen molar-refractivity contribution in [2.75, 3.05) is 13.7 Å². The highest BCUT2D eigenvalue weighted by Gasteiger charge is 2.29. The van der Waals surface area contributed by atoms with Gasteiger partial charge < -0.3 is 21.1 Å². The van der Waals surface area contributed by atoms with Crippen molar-refractivity contribution in [2.24, 2.45) is 17.8 Å². The van der Waals surface area contributed by atoms with Crippen molar-refractivity contribution >= 4 is 17.7 Å². The summed E-state index contributed by atoms with van der Waals surface area (Å²) < 4.78 is 0. The summed E-state index contributed by atoms with van der Waals surface area (Å²) in [5, 5.41) is 18.5. The number of aliphatic hydroxyl groups is 1. The minimum absolute atomic E-state index is 0.110. The van der Waals surface area contributed by atoms with Crippen LogP contribution in [0.4, 0.5) is 0 Å². The van der Waals surface area contributed by atoms with Crippen molar-refractivity contribution in [3.05, 3.63) is 48.0 Å². The minimum atomic E-state index is -0.693. The number of aliphatic hydroxyl groups excluding tert-OH is 1. The highest BCUT2D eigenvalue weighted by Crippen LogP contribution is 2.19. The lowest BCUT2D eigenvalue weighted by Gasteiger charge is -2.27. The van der Waals surface area contributed by atoms with E-state index in [2.05, 4.69) is 22.0 Å². The second-order valence-corrected chi connectivity index (χ2v) is 10.0. The molecule has 35 heavy (non-hydrogen) atoms. The van der Waals surface area contributed by atoms with Crippen LogP contribution < -0.4 is 16.0 Å². The standard InChI is InChI=1S/C28H43N3O4/c1-20(2)16-25-28(35)30-24(19-32)18-23(26(33)29-3)15-11-6-4-5-10-14-22(27(34)31-25)17-21-12-8-7-9-13-21/h6-9,11-13,20,22-25,32H,4-5,10,14-19H2,1-3H3,(H,29,33)(H,30,35)(H,31,34)/b11-6+/t22?,23?,24?,25-/m0/s1. The highest BCUT2D eigenvalue weighted by atomic mass is 16.3. The lowest BCUT2D eigenvalue weighted by molar-refractivity contribution is -0.132. The summed E-state index contributed by atoms with van der Waals surface area (Å²) in [7, 11) is 1.59. The first-order chi connectivity index (χ1) is 16.8. The van der Waals surface area contributed by atoms with E-state index in [0.29, 0.717) is 25.7 Å². The smallest absolute Gasteiger partial charge is 0.242 e. The van der Waals surface area contributed by atoms with Crippen molar-refractivity contribution in [3.8, 4) is 0 Å². The third kappa shape index (κ3) is 10.2. The van der Waals surface area contributed by atoms with Gasteiger partial charge >= 0.3 is 0 Å². The van der Waals surface area contributed by atoms with Crippen molar-refractivity contribution in [1.82, 2.24) is 16.0 Å². The van der Waals surface area contributed by atoms with Crippen LogP contribution in [0.25, 0.3) is 0 Å². The molecule has 7 nitrogen and oxygen atoms in total. The van der Waals surface area contributed by atoms with Crippen LogP contribution in [0.5, 0.6) is 0 Å². The van der Waals surface area contributed by atoms with E-state index in [4.69, 9.17) is 0 Å². The van der Waals surface area contributed by atoms with Crippen LogP contribution in [0, 0.1) is 17.8 Å². The Morgan fingerprint density at radius 3 is 2.49 bits per heavy atom. The summed E-state index contributed by atoms with van der Waals surface area (Å²) >= 11 is 0. The Hall–Kier alpha value is -2.67. The van der Waals surface area contributed by atoms with Gasteiger partial charge in [0.05, 0.1) is 12.6 Å². The van der Waals surface area contributed by atoms with E-state index in [-0.39, 0.29) is 42.1 Å². The Labute approximate surface area is 210 Å². The normalized spacial score (nSPS) is 26.0. The Morgan fingerprint density at radius 2 is 1.83 bits per heavy atom. The predicted molar refractivity (Wildman–Crippen MR) is 138 cm³/mol. The van der Waals surface area contributed by atoms with Crippen LogP contribution in [-0.2, 0) is 20.8 Å². The Morgan fingerprint density at radius 1 is 1.09 bits per heavy atom. The van der Waals surface area contributed by atoms with Gasteiger partial charge in [-0.25, -0.2) is 0 Å². The molecule has 1 heterocycles. The zero-order valence-electron chi connectivity index (χ0n) is 21.5. The molecule has 7 heteroatoms. The predicted octanol–water partition coefficient (Wildman–Crippen LogP) is 3.13. The Balaban J connectivity index is 2.26. The zero-order valence-corrected chi connectivity index (χ0v) is 21.5. The monoisotopic (exact) mass is 485 g/mol. The molecule has 0 saturated heterocycles. The second kappa shape index (κ2) is 15.4. The topological polar surface area (TPSA) is 108 Å². The first kappa shape index (κ1) is 28.6. The number of hydrogen-bond acceptors (Lipinski definition) is 4. The van der Waals surface area contributed by atoms with Crippen LogP contribution in [0.15, 0.2) is 42.5 Å². The Bertz CT molecular complexity index is 825. The zero-order chi connectivity index (χ0) is 25.6. The molecule has 194 valence electrons. The first-order valence-corrected chi connectivity index (χ1v) is 13.0. The maximum atomic E-state index is 13.4. The minimum Gasteiger partial charge on any atom is -0.394 e. The first-order valence-electron chi connectivity index (χ1n) is 13.0. The van der Waals surface area contributed by atoms with Crippen LogP contribution >= 0.6 is 0 Å². The molecule has 0 aliphatic carbocycles. The van der Waals surface area contributed by atoms with E-state index < -0.39 is 12.1 Å². The highest BCUT2D eigenvalue weighted by molar-refractivity contribution is 5.88. The molecule has 1 aromatic carbocycles. The van der Waals surface area contributed by atoms with Crippen LogP contribution in [-0.4, -0.2) is 48.6 Å². The number of benzene rings is 1. The summed E-state index contributed by atoms with van der Waals surface area (Å²) in [6.07, 6.45) is 9.58. The fraction of sp³-hybridized carbons (Fsp3) is 0.607. The average molecular weight is 486 g/mol. The summed E-state index contributed by atoms with van der Waals surface area (Å²) in [6, 6.07) is 8.71. The molecule has 2 rings (SSSR count). The molecule has 1 aliphatic heterocycles. The lowest BCUT2D eigenvalue weighted by atomic mass is 9.91. The number of carbonyl (C=O) groups excluding carboxylic acids is 3. The van der Waals surface area contributed by atoms with Gasteiger partial charge in [0.1, 0.15) is 6.04 Å². The average Bonchev–Trinajstić information content (AvgIpc) is 2.84. The van der Waals surface area contributed by atoms with Crippen molar-refractivity contribution in [3.63, 3.8) is 0 Å². The van der Waals surface area contributed by atoms with Gasteiger partial charge in [-0.15, -0.1) is 0 Å². The second-order valence-electron chi connectivity index (χ2n) is 10.0. The molecule has 4 atom stereocenters. The molecule has 4 N–H and O–H groups in total. The number of allylic oxidation sites excluding steroid dienone is 2. The third-order valence-corrected chi connectivity index (χ3v) is 6.55. The van der Waals surface area contributed by atoms with Gasteiger partial charge in [-0.05, 0) is 56.4 Å². The van der Waals surface area contributed by atoms with E-state index >= 15 is 0 Å².